The van der Waals surface area contributed by atoms with Crippen LogP contribution in [0.5, 0.6) is 0 Å². The van der Waals surface area contributed by atoms with Crippen LogP contribution < -0.4 is 6.15 Å². The molecule has 0 heterocycles. The fraction of sp³-hybridized carbons (Fsp3) is 1.00. The third-order valence-electron chi connectivity index (χ3n) is 3.63. The topological polar surface area (TPSA) is 112 Å². The average Bonchev–Trinajstić information content (AvgIpc) is 2.37. The summed E-state index contributed by atoms with van der Waals surface area (Å²) in [6.45, 7) is 9.46. The molecule has 4 N–H and O–H groups in total. The van der Waals surface area contributed by atoms with Crippen molar-refractivity contribution in [2.45, 2.75) is 66.2 Å². The van der Waals surface area contributed by atoms with Crippen LogP contribution in [0, 0.1) is 0 Å². The van der Waals surface area contributed by atoms with Crippen molar-refractivity contribution in [1.82, 2.24) is 6.15 Å². The molecule has 0 aromatic heterocycles. The molecule has 0 aromatic carbocycles. The molecule has 0 aliphatic heterocycles. The van der Waals surface area contributed by atoms with Crippen molar-refractivity contribution in [3.63, 3.8) is 0 Å². The SMILES string of the molecule is CCCC[P+](CC)(CCCC)CCCC.N.O=S(=O)([O-])O. The van der Waals surface area contributed by atoms with E-state index >= 15 is 0 Å². The highest BCUT2D eigenvalue weighted by atomic mass is 32.3. The van der Waals surface area contributed by atoms with Crippen LogP contribution in [0.3, 0.4) is 0 Å². The lowest BCUT2D eigenvalue weighted by Crippen LogP contribution is -2.11. The van der Waals surface area contributed by atoms with E-state index in [1.54, 1.807) is 18.5 Å². The second-order valence-electron chi connectivity index (χ2n) is 5.32. The Kier molecular flexibility index (Phi) is 18.9. The number of rotatable bonds is 10. The van der Waals surface area contributed by atoms with Gasteiger partial charge in [0.1, 0.15) is 0 Å². The van der Waals surface area contributed by atoms with Gasteiger partial charge in [0.05, 0.1) is 24.6 Å². The lowest BCUT2D eigenvalue weighted by molar-refractivity contribution is 0.366. The molecule has 0 aliphatic rings. The highest BCUT2D eigenvalue weighted by molar-refractivity contribution is 7.79. The Bertz CT molecular complexity index is 280. The summed E-state index contributed by atoms with van der Waals surface area (Å²) in [5.41, 5.74) is 0. The Hall–Kier alpha value is 0.260. The molecular formula is C14H36NO4PS. The molecule has 0 bridgehead atoms. The number of hydrogen-bond acceptors (Lipinski definition) is 4. The first-order chi connectivity index (χ1) is 9.24. The summed E-state index contributed by atoms with van der Waals surface area (Å²) in [6, 6.07) is 0. The minimum Gasteiger partial charge on any atom is -0.726 e. The highest BCUT2D eigenvalue weighted by Gasteiger charge is 2.32. The lowest BCUT2D eigenvalue weighted by Gasteiger charge is -2.26. The van der Waals surface area contributed by atoms with Crippen LogP contribution >= 0.6 is 7.26 Å². The normalized spacial score (nSPS) is 11.3. The van der Waals surface area contributed by atoms with Gasteiger partial charge < -0.3 is 10.7 Å². The van der Waals surface area contributed by atoms with Crippen molar-refractivity contribution in [2.24, 2.45) is 0 Å². The molecule has 0 saturated carbocycles. The fourth-order valence-corrected chi connectivity index (χ4v) is 6.87. The molecule has 0 aliphatic carbocycles. The third kappa shape index (κ3) is 20.3. The van der Waals surface area contributed by atoms with E-state index in [9.17, 15) is 0 Å². The molecule has 0 spiro atoms. The Labute approximate surface area is 132 Å². The predicted octanol–water partition coefficient (Wildman–Crippen LogP) is 4.59. The molecule has 0 unspecified atom stereocenters. The lowest BCUT2D eigenvalue weighted by atomic mass is 10.4. The summed E-state index contributed by atoms with van der Waals surface area (Å²) < 4.78 is 32.8. The van der Waals surface area contributed by atoms with Gasteiger partial charge in [-0.1, -0.05) is 40.0 Å². The fourth-order valence-electron chi connectivity index (χ4n) is 2.29. The van der Waals surface area contributed by atoms with E-state index in [0.717, 1.165) is 0 Å². The maximum Gasteiger partial charge on any atom is 0.215 e. The van der Waals surface area contributed by atoms with Gasteiger partial charge in [-0.15, -0.1) is 0 Å². The molecule has 0 aromatic rings. The summed E-state index contributed by atoms with van der Waals surface area (Å²) in [5.74, 6) is 0. The van der Waals surface area contributed by atoms with E-state index in [1.807, 2.05) is 0 Å². The zero-order chi connectivity index (χ0) is 16.1. The maximum absolute atomic E-state index is 8.63. The van der Waals surface area contributed by atoms with Crippen LogP contribution in [0.4, 0.5) is 0 Å². The molecule has 0 saturated heterocycles. The average molecular weight is 345 g/mol. The summed E-state index contributed by atoms with van der Waals surface area (Å²) in [6.07, 6.45) is 14.9. The van der Waals surface area contributed by atoms with Gasteiger partial charge in [-0.05, 0) is 26.2 Å². The van der Waals surface area contributed by atoms with Gasteiger partial charge in [-0.2, -0.15) is 0 Å². The molecule has 0 rings (SSSR count). The summed E-state index contributed by atoms with van der Waals surface area (Å²) in [5, 5.41) is 0. The first-order valence-electron chi connectivity index (χ1n) is 7.78. The maximum atomic E-state index is 8.63. The summed E-state index contributed by atoms with van der Waals surface area (Å²) in [4.78, 5) is 0. The Morgan fingerprint density at radius 2 is 1.10 bits per heavy atom. The summed E-state index contributed by atoms with van der Waals surface area (Å²) >= 11 is 0. The van der Waals surface area contributed by atoms with Gasteiger partial charge in [-0.3, -0.25) is 4.55 Å². The van der Waals surface area contributed by atoms with E-state index in [0.29, 0.717) is 0 Å². The zero-order valence-electron chi connectivity index (χ0n) is 14.3. The molecule has 0 radical (unpaired) electrons. The van der Waals surface area contributed by atoms with Gasteiger partial charge in [0.2, 0.25) is 10.4 Å². The van der Waals surface area contributed by atoms with Crippen molar-refractivity contribution in [3.8, 4) is 0 Å². The van der Waals surface area contributed by atoms with E-state index < -0.39 is 17.7 Å². The van der Waals surface area contributed by atoms with Crippen LogP contribution in [0.15, 0.2) is 0 Å². The standard InChI is InChI=1S/C14H32P.H3N.H2O4S/c1-5-9-12-15(8-4,13-10-6-2)14-11-7-3;;1-5(2,3)4/h5-14H2,1-4H3;1H3;(H2,1,2,3,4)/q+1;;/p-1. The van der Waals surface area contributed by atoms with Crippen molar-refractivity contribution >= 4 is 17.7 Å². The van der Waals surface area contributed by atoms with Gasteiger partial charge in [0.15, 0.2) is 0 Å². The predicted molar refractivity (Wildman–Crippen MR) is 94.1 cm³/mol. The zero-order valence-corrected chi connectivity index (χ0v) is 16.0. The number of unbranched alkanes of at least 4 members (excludes halogenated alkanes) is 3. The van der Waals surface area contributed by atoms with E-state index in [-0.39, 0.29) is 6.15 Å². The second kappa shape index (κ2) is 15.2. The second-order valence-corrected chi connectivity index (χ2v) is 10.8. The van der Waals surface area contributed by atoms with Crippen molar-refractivity contribution < 1.29 is 17.5 Å². The van der Waals surface area contributed by atoms with Gasteiger partial charge in [-0.25, -0.2) is 8.42 Å². The van der Waals surface area contributed by atoms with E-state index in [4.69, 9.17) is 17.5 Å². The Morgan fingerprint density at radius 3 is 1.24 bits per heavy atom. The Balaban J connectivity index is -0.000000465. The first kappa shape index (κ1) is 26.2. The molecule has 0 fully saturated rings. The quantitative estimate of drug-likeness (QED) is 0.341. The van der Waals surface area contributed by atoms with Crippen LogP contribution in [-0.4, -0.2) is 42.2 Å². The van der Waals surface area contributed by atoms with Crippen molar-refractivity contribution in [1.29, 1.82) is 0 Å². The largest absolute Gasteiger partial charge is 0.726 e. The third-order valence-corrected chi connectivity index (χ3v) is 8.77. The van der Waals surface area contributed by atoms with Crippen LogP contribution in [0.25, 0.3) is 0 Å². The highest BCUT2D eigenvalue weighted by Crippen LogP contribution is 2.60. The van der Waals surface area contributed by atoms with Crippen LogP contribution in [0.1, 0.15) is 66.2 Å². The van der Waals surface area contributed by atoms with Crippen molar-refractivity contribution in [2.75, 3.05) is 24.6 Å². The van der Waals surface area contributed by atoms with Crippen LogP contribution in [0.2, 0.25) is 0 Å². The molecule has 0 atom stereocenters. The smallest absolute Gasteiger partial charge is 0.215 e. The minimum absolute atomic E-state index is 0. The Morgan fingerprint density at radius 1 is 0.857 bits per heavy atom. The van der Waals surface area contributed by atoms with Crippen LogP contribution in [-0.2, 0) is 10.4 Å². The minimum atomic E-state index is -4.92. The monoisotopic (exact) mass is 345 g/mol. The molecule has 5 nitrogen and oxygen atoms in total. The van der Waals surface area contributed by atoms with E-state index in [2.05, 4.69) is 27.7 Å². The van der Waals surface area contributed by atoms with Gasteiger partial charge >= 0.3 is 0 Å². The van der Waals surface area contributed by atoms with Crippen molar-refractivity contribution in [3.05, 3.63) is 0 Å². The molecular weight excluding hydrogens is 309 g/mol. The van der Waals surface area contributed by atoms with Gasteiger partial charge in [0, 0.05) is 7.26 Å². The van der Waals surface area contributed by atoms with Gasteiger partial charge in [0.25, 0.3) is 0 Å². The molecule has 0 amide bonds. The van der Waals surface area contributed by atoms with E-state index in [1.165, 1.54) is 44.7 Å². The molecule has 21 heavy (non-hydrogen) atoms. The first-order valence-corrected chi connectivity index (χ1v) is 11.7. The molecule has 7 heteroatoms. The molecule has 132 valence electrons. The number of hydrogen-bond donors (Lipinski definition) is 2. The summed E-state index contributed by atoms with van der Waals surface area (Å²) in [7, 11) is -5.44.